The van der Waals surface area contributed by atoms with Crippen molar-refractivity contribution in [3.63, 3.8) is 0 Å². The van der Waals surface area contributed by atoms with Gasteiger partial charge < -0.3 is 21.3 Å². The van der Waals surface area contributed by atoms with Gasteiger partial charge in [-0.25, -0.2) is 13.9 Å². The molecule has 0 saturated heterocycles. The first-order chi connectivity index (χ1) is 5.10. The molecular formula is CH10N2O9P2. The molecule has 10 N–H and O–H groups in total. The van der Waals surface area contributed by atoms with Gasteiger partial charge in [0.2, 0.25) is 0 Å². The minimum Gasteiger partial charge on any atom is -0.344 e. The summed E-state index contributed by atoms with van der Waals surface area (Å²) in [6, 6.07) is 0. The van der Waals surface area contributed by atoms with Gasteiger partial charge in [-0.3, -0.25) is 19.6 Å². The fourth-order valence-electron chi connectivity index (χ4n) is 0.211. The Hall–Kier alpha value is -0.510. The Labute approximate surface area is 77.7 Å². The van der Waals surface area contributed by atoms with Crippen molar-refractivity contribution in [2.75, 3.05) is 0 Å². The molecule has 0 aliphatic heterocycles. The number of rotatable bonds is 2. The van der Waals surface area contributed by atoms with E-state index in [9.17, 15) is 13.9 Å². The highest BCUT2D eigenvalue weighted by atomic mass is 31.2. The number of carbonyl (C=O) groups is 1. The van der Waals surface area contributed by atoms with Gasteiger partial charge in [0.05, 0.1) is 0 Å². The van der Waals surface area contributed by atoms with Gasteiger partial charge in [0.1, 0.15) is 0 Å². The molecule has 0 spiro atoms. The molecule has 0 saturated carbocycles. The van der Waals surface area contributed by atoms with Crippen LogP contribution in [0, 0.1) is 0 Å². The molecule has 11 nitrogen and oxygen atoms in total. The van der Waals surface area contributed by atoms with Gasteiger partial charge in [-0.2, -0.15) is 0 Å². The zero-order valence-electron chi connectivity index (χ0n) is 6.64. The lowest BCUT2D eigenvalue weighted by atomic mass is 11.5. The van der Waals surface area contributed by atoms with E-state index in [1.54, 1.807) is 0 Å². The summed E-state index contributed by atoms with van der Waals surface area (Å²) in [6.45, 7) is 0. The Bertz CT molecular complexity index is 236. The van der Waals surface area contributed by atoms with Crippen molar-refractivity contribution in [3.05, 3.63) is 0 Å². The summed E-state index contributed by atoms with van der Waals surface area (Å²) in [5.41, 5.74) is 0. The van der Waals surface area contributed by atoms with Crippen molar-refractivity contribution in [2.24, 2.45) is 0 Å². The first kappa shape index (κ1) is 19.1. The van der Waals surface area contributed by atoms with E-state index < -0.39 is 21.8 Å². The van der Waals surface area contributed by atoms with Crippen LogP contribution in [0.1, 0.15) is 0 Å². The SMILES string of the molecule is N.N.O=C(OP(=O)(O)O)OP(=O)(O)O. The van der Waals surface area contributed by atoms with Gasteiger partial charge in [0.25, 0.3) is 0 Å². The number of phosphoric ester groups is 2. The summed E-state index contributed by atoms with van der Waals surface area (Å²) < 4.78 is 25.9. The molecule has 14 heavy (non-hydrogen) atoms. The predicted octanol–water partition coefficient (Wildman–Crippen LogP) is -0.351. The van der Waals surface area contributed by atoms with Crippen molar-refractivity contribution < 1.29 is 42.5 Å². The van der Waals surface area contributed by atoms with Gasteiger partial charge in [-0.1, -0.05) is 0 Å². The van der Waals surface area contributed by atoms with Crippen LogP contribution in [0.3, 0.4) is 0 Å². The van der Waals surface area contributed by atoms with Crippen molar-refractivity contribution in [1.82, 2.24) is 12.3 Å². The van der Waals surface area contributed by atoms with Crippen LogP contribution in [0.25, 0.3) is 0 Å². The summed E-state index contributed by atoms with van der Waals surface area (Å²) >= 11 is 0. The zero-order valence-corrected chi connectivity index (χ0v) is 8.43. The zero-order chi connectivity index (χ0) is 9.99. The van der Waals surface area contributed by atoms with Crippen LogP contribution < -0.4 is 12.3 Å². The van der Waals surface area contributed by atoms with E-state index in [4.69, 9.17) is 19.6 Å². The van der Waals surface area contributed by atoms with E-state index in [1.807, 2.05) is 0 Å². The second-order valence-electron chi connectivity index (χ2n) is 1.41. The van der Waals surface area contributed by atoms with Crippen LogP contribution in [-0.4, -0.2) is 25.7 Å². The van der Waals surface area contributed by atoms with Gasteiger partial charge in [0, 0.05) is 0 Å². The average Bonchev–Trinajstić information content (AvgIpc) is 1.49. The monoisotopic (exact) mass is 256 g/mol. The van der Waals surface area contributed by atoms with Gasteiger partial charge in [-0.15, -0.1) is 0 Å². The molecule has 0 aromatic rings. The highest BCUT2D eigenvalue weighted by molar-refractivity contribution is 7.48. The van der Waals surface area contributed by atoms with Crippen LogP contribution in [0.2, 0.25) is 0 Å². The maximum absolute atomic E-state index is 10.0. The molecule has 0 heterocycles. The second-order valence-corrected chi connectivity index (χ2v) is 3.74. The first-order valence-electron chi connectivity index (χ1n) is 2.14. The first-order valence-corrected chi connectivity index (χ1v) is 5.20. The van der Waals surface area contributed by atoms with E-state index in [0.29, 0.717) is 0 Å². The Morgan fingerprint density at radius 2 is 1.07 bits per heavy atom. The molecule has 0 fully saturated rings. The summed E-state index contributed by atoms with van der Waals surface area (Å²) in [5.74, 6) is 0. The molecule has 13 heteroatoms. The van der Waals surface area contributed by atoms with Crippen LogP contribution >= 0.6 is 15.6 Å². The molecule has 0 aromatic carbocycles. The minimum absolute atomic E-state index is 0. The topological polar surface area (TPSA) is 221 Å². The van der Waals surface area contributed by atoms with Crippen LogP contribution in [0.4, 0.5) is 4.79 Å². The van der Waals surface area contributed by atoms with E-state index in [1.165, 1.54) is 0 Å². The maximum Gasteiger partial charge on any atom is 0.529 e. The molecule has 0 aromatic heterocycles. The molecular weight excluding hydrogens is 246 g/mol. The van der Waals surface area contributed by atoms with Crippen LogP contribution in [0.15, 0.2) is 0 Å². The molecule has 0 radical (unpaired) electrons. The minimum atomic E-state index is -5.13. The smallest absolute Gasteiger partial charge is 0.344 e. The molecule has 0 rings (SSSR count). The lowest BCUT2D eigenvalue weighted by Gasteiger charge is -2.05. The second kappa shape index (κ2) is 6.06. The number of carbonyl (C=O) groups excluding carboxylic acids is 1. The molecule has 0 atom stereocenters. The number of phosphoric acid groups is 2. The van der Waals surface area contributed by atoms with E-state index >= 15 is 0 Å². The number of hydrogen-bond donors (Lipinski definition) is 6. The standard InChI is InChI=1S/CH4O9P2.2H3N/c2-1(9-11(3,4)5)10-12(6,7)8;;/h(H2,3,4,5)(H2,6,7,8);2*1H3. The largest absolute Gasteiger partial charge is 0.529 e. The van der Waals surface area contributed by atoms with E-state index in [2.05, 4.69) is 9.05 Å². The fraction of sp³-hybridized carbons (Fsp3) is 0. The van der Waals surface area contributed by atoms with Crippen molar-refractivity contribution >= 4 is 21.8 Å². The summed E-state index contributed by atoms with van der Waals surface area (Å²) in [5, 5.41) is 0. The third-order valence-electron chi connectivity index (χ3n) is 0.387. The van der Waals surface area contributed by atoms with Crippen molar-refractivity contribution in [3.8, 4) is 0 Å². The fourth-order valence-corrected chi connectivity index (χ4v) is 0.733. The highest BCUT2D eigenvalue weighted by Crippen LogP contribution is 2.41. The van der Waals surface area contributed by atoms with Gasteiger partial charge >= 0.3 is 21.8 Å². The van der Waals surface area contributed by atoms with Crippen LogP contribution in [0.5, 0.6) is 0 Å². The van der Waals surface area contributed by atoms with Gasteiger partial charge in [0.15, 0.2) is 0 Å². The molecule has 88 valence electrons. The lowest BCUT2D eigenvalue weighted by molar-refractivity contribution is 0.118. The average molecular weight is 256 g/mol. The third-order valence-corrected chi connectivity index (χ3v) is 1.16. The van der Waals surface area contributed by atoms with Crippen molar-refractivity contribution in [1.29, 1.82) is 0 Å². The number of hydrogen-bond acceptors (Lipinski definition) is 7. The summed E-state index contributed by atoms with van der Waals surface area (Å²) in [4.78, 5) is 41.7. The Morgan fingerprint density at radius 1 is 0.857 bits per heavy atom. The molecule has 0 aliphatic carbocycles. The summed E-state index contributed by atoms with van der Waals surface area (Å²) in [7, 11) is -10.3. The quantitative estimate of drug-likeness (QED) is 0.350. The molecule has 0 bridgehead atoms. The normalized spacial score (nSPS) is 10.6. The Balaban J connectivity index is -0.000000605. The maximum atomic E-state index is 10.0. The highest BCUT2D eigenvalue weighted by Gasteiger charge is 2.28. The molecule has 0 unspecified atom stereocenters. The lowest BCUT2D eigenvalue weighted by Crippen LogP contribution is -2.03. The Kier molecular flexibility index (Phi) is 8.28. The van der Waals surface area contributed by atoms with E-state index in [0.717, 1.165) is 0 Å². The van der Waals surface area contributed by atoms with E-state index in [-0.39, 0.29) is 12.3 Å². The third kappa shape index (κ3) is 14.0. The van der Waals surface area contributed by atoms with Gasteiger partial charge in [-0.05, 0) is 0 Å². The molecule has 0 aliphatic rings. The van der Waals surface area contributed by atoms with Crippen molar-refractivity contribution in [2.45, 2.75) is 0 Å². The summed E-state index contributed by atoms with van der Waals surface area (Å²) in [6.07, 6.45) is -2.14. The van der Waals surface area contributed by atoms with Crippen LogP contribution in [-0.2, 0) is 18.2 Å². The predicted molar refractivity (Wildman–Crippen MR) is 41.7 cm³/mol. The Morgan fingerprint density at radius 3 is 1.21 bits per heavy atom. The molecule has 0 amide bonds.